The van der Waals surface area contributed by atoms with Crippen LogP contribution < -0.4 is 14.4 Å². The zero-order valence-electron chi connectivity index (χ0n) is 21.2. The highest BCUT2D eigenvalue weighted by molar-refractivity contribution is 5.92. The molecule has 1 aliphatic heterocycles. The van der Waals surface area contributed by atoms with E-state index < -0.39 is 0 Å². The van der Waals surface area contributed by atoms with Crippen LogP contribution in [-0.4, -0.2) is 64.9 Å². The summed E-state index contributed by atoms with van der Waals surface area (Å²) in [6, 6.07) is 14.4. The fourth-order valence-electron chi connectivity index (χ4n) is 5.75. The number of piperazine rings is 1. The van der Waals surface area contributed by atoms with Crippen molar-refractivity contribution in [3.63, 3.8) is 0 Å². The molecule has 6 rings (SSSR count). The van der Waals surface area contributed by atoms with Gasteiger partial charge in [-0.25, -0.2) is 9.38 Å². The predicted octanol–water partition coefficient (Wildman–Crippen LogP) is 4.66. The summed E-state index contributed by atoms with van der Waals surface area (Å²) >= 11 is 0. The minimum Gasteiger partial charge on any atom is -0.497 e. The van der Waals surface area contributed by atoms with E-state index in [0.717, 1.165) is 72.5 Å². The Labute approximate surface area is 211 Å². The molecule has 2 aliphatic rings. The fourth-order valence-corrected chi connectivity index (χ4v) is 5.75. The Morgan fingerprint density at radius 3 is 2.47 bits per heavy atom. The molecule has 1 saturated heterocycles. The van der Waals surface area contributed by atoms with Gasteiger partial charge in [-0.1, -0.05) is 37.5 Å². The van der Waals surface area contributed by atoms with Gasteiger partial charge in [-0.3, -0.25) is 4.90 Å². The quantitative estimate of drug-likeness (QED) is 0.392. The molecule has 0 radical (unpaired) electrons. The first kappa shape index (κ1) is 23.0. The van der Waals surface area contributed by atoms with Gasteiger partial charge in [0.2, 0.25) is 5.95 Å². The zero-order valence-corrected chi connectivity index (χ0v) is 21.2. The molecular weight excluding hydrogens is 452 g/mol. The summed E-state index contributed by atoms with van der Waals surface area (Å²) < 4.78 is 13.2. The number of benzene rings is 2. The fraction of sp³-hybridized carbons (Fsp3) is 0.464. The van der Waals surface area contributed by atoms with Crippen LogP contribution in [0.4, 0.5) is 5.95 Å². The molecule has 0 N–H and O–H groups in total. The highest BCUT2D eigenvalue weighted by Crippen LogP contribution is 2.35. The van der Waals surface area contributed by atoms with Crippen molar-refractivity contribution in [2.24, 2.45) is 0 Å². The van der Waals surface area contributed by atoms with Gasteiger partial charge in [-0.05, 0) is 31.0 Å². The van der Waals surface area contributed by atoms with E-state index in [1.807, 2.05) is 18.2 Å². The van der Waals surface area contributed by atoms with Crippen molar-refractivity contribution in [2.75, 3.05) is 45.3 Å². The molecule has 0 spiro atoms. The molecule has 0 bridgehead atoms. The van der Waals surface area contributed by atoms with Crippen LogP contribution in [0.3, 0.4) is 0 Å². The first-order chi connectivity index (χ1) is 17.7. The third-order valence-electron chi connectivity index (χ3n) is 7.77. The van der Waals surface area contributed by atoms with Gasteiger partial charge in [-0.15, -0.1) is 10.2 Å². The number of hydrogen-bond donors (Lipinski definition) is 0. The topological polar surface area (TPSA) is 68.0 Å². The van der Waals surface area contributed by atoms with Gasteiger partial charge in [0.15, 0.2) is 5.65 Å². The number of para-hydroxylation sites is 1. The Bertz CT molecular complexity index is 1360. The Balaban J connectivity index is 1.28. The van der Waals surface area contributed by atoms with Crippen LogP contribution in [0.1, 0.15) is 49.4 Å². The summed E-state index contributed by atoms with van der Waals surface area (Å²) in [7, 11) is 3.40. The third-order valence-corrected chi connectivity index (χ3v) is 7.77. The number of nitrogens with zero attached hydrogens (tertiary/aromatic N) is 6. The summed E-state index contributed by atoms with van der Waals surface area (Å²) in [5.41, 5.74) is 3.09. The summed E-state index contributed by atoms with van der Waals surface area (Å²) in [6.45, 7) is 4.56. The molecule has 2 aromatic heterocycles. The third kappa shape index (κ3) is 4.23. The molecular formula is C28H34N6O2. The lowest BCUT2D eigenvalue weighted by Crippen LogP contribution is -2.47. The minimum atomic E-state index is 0.458. The van der Waals surface area contributed by atoms with E-state index in [-0.39, 0.29) is 0 Å². The summed E-state index contributed by atoms with van der Waals surface area (Å²) in [5.74, 6) is 4.21. The average molecular weight is 487 g/mol. The molecule has 3 heterocycles. The van der Waals surface area contributed by atoms with Crippen LogP contribution in [0.15, 0.2) is 42.5 Å². The summed E-state index contributed by atoms with van der Waals surface area (Å²) in [4.78, 5) is 10.1. The Morgan fingerprint density at radius 2 is 1.69 bits per heavy atom. The molecule has 1 saturated carbocycles. The van der Waals surface area contributed by atoms with Crippen molar-refractivity contribution in [1.82, 2.24) is 24.5 Å². The van der Waals surface area contributed by atoms with Crippen molar-refractivity contribution in [2.45, 2.75) is 44.6 Å². The lowest BCUT2D eigenvalue weighted by atomic mass is 9.89. The summed E-state index contributed by atoms with van der Waals surface area (Å²) in [6.07, 6.45) is 6.23. The van der Waals surface area contributed by atoms with Gasteiger partial charge in [0, 0.05) is 55.7 Å². The minimum absolute atomic E-state index is 0.458. The van der Waals surface area contributed by atoms with Crippen molar-refractivity contribution >= 4 is 22.5 Å². The SMILES string of the molecule is COc1ccc(CN2CCN(c3nc4ccccc4c4nnc(C5CCCCC5)n34)CC2)c(OC)c1. The molecule has 2 aromatic carbocycles. The van der Waals surface area contributed by atoms with E-state index >= 15 is 0 Å². The maximum absolute atomic E-state index is 5.63. The normalized spacial score (nSPS) is 17.7. The van der Waals surface area contributed by atoms with Crippen LogP contribution in [0.2, 0.25) is 0 Å². The number of ether oxygens (including phenoxy) is 2. The van der Waals surface area contributed by atoms with Gasteiger partial charge in [0.25, 0.3) is 0 Å². The van der Waals surface area contributed by atoms with Crippen LogP contribution in [0, 0.1) is 0 Å². The molecule has 188 valence electrons. The largest absolute Gasteiger partial charge is 0.497 e. The van der Waals surface area contributed by atoms with Crippen LogP contribution in [0.25, 0.3) is 16.6 Å². The van der Waals surface area contributed by atoms with Gasteiger partial charge < -0.3 is 14.4 Å². The molecule has 36 heavy (non-hydrogen) atoms. The lowest BCUT2D eigenvalue weighted by Gasteiger charge is -2.36. The van der Waals surface area contributed by atoms with Crippen LogP contribution in [-0.2, 0) is 6.54 Å². The molecule has 1 aliphatic carbocycles. The average Bonchev–Trinajstić information content (AvgIpc) is 3.39. The van der Waals surface area contributed by atoms with Crippen molar-refractivity contribution in [1.29, 1.82) is 0 Å². The molecule has 0 atom stereocenters. The van der Waals surface area contributed by atoms with E-state index in [9.17, 15) is 0 Å². The van der Waals surface area contributed by atoms with Gasteiger partial charge in [0.05, 0.1) is 19.7 Å². The number of rotatable bonds is 6. The van der Waals surface area contributed by atoms with Gasteiger partial charge in [0.1, 0.15) is 17.3 Å². The first-order valence-corrected chi connectivity index (χ1v) is 13.1. The monoisotopic (exact) mass is 486 g/mol. The molecule has 8 heteroatoms. The van der Waals surface area contributed by atoms with Gasteiger partial charge in [-0.2, -0.15) is 0 Å². The van der Waals surface area contributed by atoms with E-state index in [1.54, 1.807) is 14.2 Å². The predicted molar refractivity (Wildman–Crippen MR) is 141 cm³/mol. The standard InChI is InChI=1S/C28H34N6O2/c1-35-22-13-12-21(25(18-22)36-2)19-32-14-16-33(17-15-32)28-29-24-11-7-6-10-23(24)27-31-30-26(34(27)28)20-8-4-3-5-9-20/h6-7,10-13,18,20H,3-5,8-9,14-17,19H2,1-2H3. The number of fused-ring (bicyclic) bond motifs is 3. The number of hydrogen-bond acceptors (Lipinski definition) is 7. The first-order valence-electron chi connectivity index (χ1n) is 13.1. The van der Waals surface area contributed by atoms with E-state index in [0.29, 0.717) is 5.92 Å². The number of aromatic nitrogens is 4. The molecule has 0 amide bonds. The molecule has 8 nitrogen and oxygen atoms in total. The van der Waals surface area contributed by atoms with Crippen molar-refractivity contribution in [3.05, 3.63) is 53.9 Å². The number of methoxy groups -OCH3 is 2. The molecule has 0 unspecified atom stereocenters. The smallest absolute Gasteiger partial charge is 0.213 e. The van der Waals surface area contributed by atoms with E-state index in [4.69, 9.17) is 24.7 Å². The highest BCUT2D eigenvalue weighted by Gasteiger charge is 2.27. The lowest BCUT2D eigenvalue weighted by molar-refractivity contribution is 0.244. The maximum Gasteiger partial charge on any atom is 0.213 e. The van der Waals surface area contributed by atoms with Crippen molar-refractivity contribution < 1.29 is 9.47 Å². The molecule has 4 aromatic rings. The maximum atomic E-state index is 5.63. The van der Waals surface area contributed by atoms with Crippen molar-refractivity contribution in [3.8, 4) is 11.5 Å². The Hall–Kier alpha value is -3.39. The van der Waals surface area contributed by atoms with Crippen LogP contribution >= 0.6 is 0 Å². The second-order valence-electron chi connectivity index (χ2n) is 9.92. The Morgan fingerprint density at radius 1 is 0.889 bits per heavy atom. The van der Waals surface area contributed by atoms with E-state index in [2.05, 4.69) is 38.5 Å². The summed E-state index contributed by atoms with van der Waals surface area (Å²) in [5, 5.41) is 10.5. The number of anilines is 1. The Kier molecular flexibility index (Phi) is 6.35. The second-order valence-corrected chi connectivity index (χ2v) is 9.92. The van der Waals surface area contributed by atoms with Crippen LogP contribution in [0.5, 0.6) is 11.5 Å². The highest BCUT2D eigenvalue weighted by atomic mass is 16.5. The zero-order chi connectivity index (χ0) is 24.5. The molecule has 2 fully saturated rings. The van der Waals surface area contributed by atoms with E-state index in [1.165, 1.54) is 37.7 Å². The second kappa shape index (κ2) is 9.93. The van der Waals surface area contributed by atoms with Gasteiger partial charge >= 0.3 is 0 Å².